The highest BCUT2D eigenvalue weighted by Gasteiger charge is 2.10. The summed E-state index contributed by atoms with van der Waals surface area (Å²) in [5, 5.41) is 2.74. The molecule has 0 amide bonds. The minimum absolute atomic E-state index is 0.751. The Bertz CT molecular complexity index is 485. The zero-order chi connectivity index (χ0) is 10.3. The molecule has 1 aromatic carbocycles. The molecule has 0 fully saturated rings. The van der Waals surface area contributed by atoms with Crippen LogP contribution in [0.1, 0.15) is 12.5 Å². The van der Waals surface area contributed by atoms with E-state index in [9.17, 15) is 0 Å². The number of benzene rings is 1. The monoisotopic (exact) mass is 227 g/mol. The maximum Gasteiger partial charge on any atom is 0.112 e. The van der Waals surface area contributed by atoms with E-state index in [0.29, 0.717) is 0 Å². The van der Waals surface area contributed by atoms with E-state index in [1.807, 2.05) is 25.1 Å². The fraction of sp³-hybridized carbons (Fsp3) is 0.273. The van der Waals surface area contributed by atoms with Gasteiger partial charge in [-0.25, -0.2) is 0 Å². The lowest BCUT2D eigenvalue weighted by Gasteiger charge is -2.02. The van der Waals surface area contributed by atoms with E-state index >= 15 is 0 Å². The Morgan fingerprint density at radius 3 is 2.64 bits per heavy atom. The summed E-state index contributed by atoms with van der Waals surface area (Å²) in [6, 6.07) is 5.87. The van der Waals surface area contributed by atoms with Gasteiger partial charge in [-0.05, 0) is 31.5 Å². The standard InChI is InChI=1S/C11H11Cl2N/c1-3-14-10-6-8(12)4-5-9(10)7(2)11(14)13/h4-6H,3H2,1-2H3. The summed E-state index contributed by atoms with van der Waals surface area (Å²) in [5.74, 6) is 0. The van der Waals surface area contributed by atoms with Crippen LogP contribution in [0.15, 0.2) is 18.2 Å². The summed E-state index contributed by atoms with van der Waals surface area (Å²) in [7, 11) is 0. The van der Waals surface area contributed by atoms with E-state index in [1.165, 1.54) is 5.39 Å². The molecule has 74 valence electrons. The molecule has 2 aromatic rings. The van der Waals surface area contributed by atoms with Crippen molar-refractivity contribution in [2.24, 2.45) is 0 Å². The number of aryl methyl sites for hydroxylation is 2. The molecule has 0 spiro atoms. The van der Waals surface area contributed by atoms with Crippen LogP contribution < -0.4 is 0 Å². The highest BCUT2D eigenvalue weighted by Crippen LogP contribution is 2.30. The third-order valence-electron chi connectivity index (χ3n) is 2.52. The molecule has 0 saturated heterocycles. The first-order chi connectivity index (χ1) is 6.65. The van der Waals surface area contributed by atoms with Gasteiger partial charge in [0, 0.05) is 17.0 Å². The second-order valence-corrected chi connectivity index (χ2v) is 4.12. The third kappa shape index (κ3) is 1.32. The topological polar surface area (TPSA) is 4.93 Å². The molecule has 0 radical (unpaired) electrons. The van der Waals surface area contributed by atoms with Crippen LogP contribution in [-0.4, -0.2) is 4.57 Å². The average molecular weight is 228 g/mol. The van der Waals surface area contributed by atoms with Crippen molar-refractivity contribution in [3.05, 3.63) is 33.9 Å². The van der Waals surface area contributed by atoms with Crippen LogP contribution >= 0.6 is 23.2 Å². The molecule has 0 N–H and O–H groups in total. The molecule has 3 heteroatoms. The minimum Gasteiger partial charge on any atom is -0.332 e. The number of halogens is 2. The SMILES string of the molecule is CCn1c(Cl)c(C)c2ccc(Cl)cc21. The van der Waals surface area contributed by atoms with Gasteiger partial charge in [0.05, 0.1) is 5.52 Å². The first-order valence-electron chi connectivity index (χ1n) is 4.59. The molecule has 1 heterocycles. The van der Waals surface area contributed by atoms with Gasteiger partial charge in [0.1, 0.15) is 5.15 Å². The predicted octanol–water partition coefficient (Wildman–Crippen LogP) is 4.28. The van der Waals surface area contributed by atoms with Crippen LogP contribution in [-0.2, 0) is 6.54 Å². The molecule has 0 aliphatic carbocycles. The lowest BCUT2D eigenvalue weighted by molar-refractivity contribution is 0.796. The van der Waals surface area contributed by atoms with E-state index in [4.69, 9.17) is 23.2 Å². The molecule has 0 atom stereocenters. The van der Waals surface area contributed by atoms with Crippen LogP contribution in [0.3, 0.4) is 0 Å². The van der Waals surface area contributed by atoms with E-state index in [2.05, 4.69) is 11.5 Å². The maximum absolute atomic E-state index is 6.21. The molecule has 0 bridgehead atoms. The van der Waals surface area contributed by atoms with E-state index in [-0.39, 0.29) is 0 Å². The van der Waals surface area contributed by atoms with Crippen LogP contribution in [0.4, 0.5) is 0 Å². The number of fused-ring (bicyclic) bond motifs is 1. The Morgan fingerprint density at radius 2 is 2.00 bits per heavy atom. The summed E-state index contributed by atoms with van der Waals surface area (Å²) in [5.41, 5.74) is 2.24. The molecule has 2 rings (SSSR count). The molecular formula is C11H11Cl2N. The van der Waals surface area contributed by atoms with Gasteiger partial charge < -0.3 is 4.57 Å². The third-order valence-corrected chi connectivity index (χ3v) is 3.24. The summed E-state index contributed by atoms with van der Waals surface area (Å²) in [4.78, 5) is 0. The summed E-state index contributed by atoms with van der Waals surface area (Å²) in [6.45, 7) is 4.97. The second-order valence-electron chi connectivity index (χ2n) is 3.32. The Balaban J connectivity index is 2.89. The number of hydrogen-bond acceptors (Lipinski definition) is 0. The first-order valence-corrected chi connectivity index (χ1v) is 5.34. The van der Waals surface area contributed by atoms with Gasteiger partial charge in [-0.3, -0.25) is 0 Å². The summed E-state index contributed by atoms with van der Waals surface area (Å²) >= 11 is 12.2. The lowest BCUT2D eigenvalue weighted by atomic mass is 10.2. The average Bonchev–Trinajstić information content (AvgIpc) is 2.39. The largest absolute Gasteiger partial charge is 0.332 e. The molecule has 0 unspecified atom stereocenters. The van der Waals surface area contributed by atoms with Gasteiger partial charge in [-0.15, -0.1) is 0 Å². The molecule has 14 heavy (non-hydrogen) atoms. The van der Waals surface area contributed by atoms with Crippen molar-refractivity contribution in [1.82, 2.24) is 4.57 Å². The van der Waals surface area contributed by atoms with Gasteiger partial charge in [-0.2, -0.15) is 0 Å². The smallest absolute Gasteiger partial charge is 0.112 e. The Kier molecular flexibility index (Phi) is 2.46. The number of hydrogen-bond donors (Lipinski definition) is 0. The highest BCUT2D eigenvalue weighted by atomic mass is 35.5. The van der Waals surface area contributed by atoms with Crippen LogP contribution in [0.2, 0.25) is 10.2 Å². The van der Waals surface area contributed by atoms with Gasteiger partial charge in [0.2, 0.25) is 0 Å². The second kappa shape index (κ2) is 3.48. The van der Waals surface area contributed by atoms with E-state index < -0.39 is 0 Å². The molecule has 1 nitrogen and oxygen atoms in total. The van der Waals surface area contributed by atoms with Crippen molar-refractivity contribution in [3.8, 4) is 0 Å². The van der Waals surface area contributed by atoms with Gasteiger partial charge >= 0.3 is 0 Å². The summed E-state index contributed by atoms with van der Waals surface area (Å²) < 4.78 is 2.07. The van der Waals surface area contributed by atoms with Crippen LogP contribution in [0, 0.1) is 6.92 Å². The Labute approximate surface area is 93.2 Å². The fourth-order valence-electron chi connectivity index (χ4n) is 1.77. The Hall–Kier alpha value is -0.660. The van der Waals surface area contributed by atoms with E-state index in [1.54, 1.807) is 0 Å². The van der Waals surface area contributed by atoms with Crippen molar-refractivity contribution in [2.45, 2.75) is 20.4 Å². The predicted molar refractivity (Wildman–Crippen MR) is 62.4 cm³/mol. The number of aromatic nitrogens is 1. The zero-order valence-corrected chi connectivity index (χ0v) is 9.65. The van der Waals surface area contributed by atoms with Gasteiger partial charge in [0.15, 0.2) is 0 Å². The van der Waals surface area contributed by atoms with Crippen LogP contribution in [0.25, 0.3) is 10.9 Å². The van der Waals surface area contributed by atoms with Crippen molar-refractivity contribution >= 4 is 34.1 Å². The molecule has 0 saturated carbocycles. The van der Waals surface area contributed by atoms with Gasteiger partial charge in [0.25, 0.3) is 0 Å². The summed E-state index contributed by atoms with van der Waals surface area (Å²) in [6.07, 6.45) is 0. The van der Waals surface area contributed by atoms with Gasteiger partial charge in [-0.1, -0.05) is 29.3 Å². The van der Waals surface area contributed by atoms with Crippen molar-refractivity contribution < 1.29 is 0 Å². The van der Waals surface area contributed by atoms with Crippen molar-refractivity contribution in [3.63, 3.8) is 0 Å². The molecular weight excluding hydrogens is 217 g/mol. The molecule has 0 aliphatic rings. The maximum atomic E-state index is 6.21. The first kappa shape index (κ1) is 9.88. The Morgan fingerprint density at radius 1 is 1.29 bits per heavy atom. The lowest BCUT2D eigenvalue weighted by Crippen LogP contribution is -1.92. The fourth-order valence-corrected chi connectivity index (χ4v) is 2.25. The number of rotatable bonds is 1. The van der Waals surface area contributed by atoms with Crippen LogP contribution in [0.5, 0.6) is 0 Å². The number of nitrogens with zero attached hydrogens (tertiary/aromatic N) is 1. The zero-order valence-electron chi connectivity index (χ0n) is 8.14. The highest BCUT2D eigenvalue weighted by molar-refractivity contribution is 6.33. The molecule has 1 aromatic heterocycles. The van der Waals surface area contributed by atoms with Crippen molar-refractivity contribution in [2.75, 3.05) is 0 Å². The molecule has 0 aliphatic heterocycles. The van der Waals surface area contributed by atoms with E-state index in [0.717, 1.165) is 27.8 Å². The normalized spacial score (nSPS) is 11.1. The minimum atomic E-state index is 0.751. The van der Waals surface area contributed by atoms with Crippen molar-refractivity contribution in [1.29, 1.82) is 0 Å². The quantitative estimate of drug-likeness (QED) is 0.686.